The fraction of sp³-hybridized carbons (Fsp3) is 0.615. The number of thioether (sulfide) groups is 1. The van der Waals surface area contributed by atoms with E-state index in [2.05, 4.69) is 10.6 Å². The molecule has 3 rings (SSSR count). The van der Waals surface area contributed by atoms with Crippen molar-refractivity contribution in [2.45, 2.75) is 44.3 Å². The minimum Gasteiger partial charge on any atom is -0.478 e. The van der Waals surface area contributed by atoms with Crippen molar-refractivity contribution in [2.24, 2.45) is 0 Å². The van der Waals surface area contributed by atoms with E-state index in [0.29, 0.717) is 24.6 Å². The molecule has 0 atom stereocenters. The van der Waals surface area contributed by atoms with Crippen molar-refractivity contribution in [3.05, 3.63) is 22.4 Å². The van der Waals surface area contributed by atoms with Crippen LogP contribution in [0, 0.1) is 0 Å². The van der Waals surface area contributed by atoms with Crippen LogP contribution in [0.2, 0.25) is 0 Å². The first-order valence-electron chi connectivity index (χ1n) is 6.86. The fourth-order valence-electron chi connectivity index (χ4n) is 2.32. The normalized spacial score (nSPS) is 20.1. The molecule has 0 spiro atoms. The van der Waals surface area contributed by atoms with Crippen LogP contribution in [0.1, 0.15) is 31.5 Å². The standard InChI is InChI=1S/C13H16F3N3O2S/c1-12(2)6-9(18-21-12)22-7-8-10(13(14,15)16)17-19-4-3-5-20-11(8)19/h6,18H,3-5,7H2,1-2H3. The average molecular weight is 335 g/mol. The smallest absolute Gasteiger partial charge is 0.435 e. The Morgan fingerprint density at radius 3 is 2.86 bits per heavy atom. The van der Waals surface area contributed by atoms with Gasteiger partial charge in [-0.3, -0.25) is 10.3 Å². The quantitative estimate of drug-likeness (QED) is 0.920. The van der Waals surface area contributed by atoms with Gasteiger partial charge in [-0.2, -0.15) is 18.3 Å². The van der Waals surface area contributed by atoms with Gasteiger partial charge in [-0.1, -0.05) is 0 Å². The Morgan fingerprint density at radius 1 is 1.45 bits per heavy atom. The molecule has 0 aliphatic carbocycles. The largest absolute Gasteiger partial charge is 0.478 e. The summed E-state index contributed by atoms with van der Waals surface area (Å²) in [6.07, 6.45) is -1.99. The number of aryl methyl sites for hydroxylation is 1. The lowest BCUT2D eigenvalue weighted by Gasteiger charge is -2.16. The number of fused-ring (bicyclic) bond motifs is 1. The molecule has 0 radical (unpaired) electrons. The second-order valence-corrected chi connectivity index (χ2v) is 6.68. The highest BCUT2D eigenvalue weighted by atomic mass is 32.2. The molecule has 1 N–H and O–H groups in total. The highest BCUT2D eigenvalue weighted by molar-refractivity contribution is 8.02. The van der Waals surface area contributed by atoms with E-state index in [4.69, 9.17) is 9.57 Å². The van der Waals surface area contributed by atoms with Crippen molar-refractivity contribution >= 4 is 11.8 Å². The van der Waals surface area contributed by atoms with Crippen LogP contribution in [0.5, 0.6) is 5.88 Å². The number of rotatable bonds is 3. The van der Waals surface area contributed by atoms with Gasteiger partial charge < -0.3 is 4.74 Å². The van der Waals surface area contributed by atoms with Crippen molar-refractivity contribution in [1.82, 2.24) is 15.3 Å². The van der Waals surface area contributed by atoms with Gasteiger partial charge in [0.1, 0.15) is 5.60 Å². The second-order valence-electron chi connectivity index (χ2n) is 5.66. The van der Waals surface area contributed by atoms with Gasteiger partial charge in [-0.05, 0) is 19.9 Å². The molecule has 22 heavy (non-hydrogen) atoms. The summed E-state index contributed by atoms with van der Waals surface area (Å²) < 4.78 is 46.2. The summed E-state index contributed by atoms with van der Waals surface area (Å²) >= 11 is 1.24. The average Bonchev–Trinajstić information content (AvgIpc) is 2.96. The molecule has 9 heteroatoms. The second kappa shape index (κ2) is 5.38. The monoisotopic (exact) mass is 335 g/mol. The van der Waals surface area contributed by atoms with Crippen LogP contribution in [0.25, 0.3) is 0 Å². The summed E-state index contributed by atoms with van der Waals surface area (Å²) in [5.41, 5.74) is 1.48. The van der Waals surface area contributed by atoms with Crippen LogP contribution in [0.4, 0.5) is 13.2 Å². The fourth-order valence-corrected chi connectivity index (χ4v) is 3.34. The Bertz CT molecular complexity index is 610. The maximum Gasteiger partial charge on any atom is 0.435 e. The first-order valence-corrected chi connectivity index (χ1v) is 7.84. The van der Waals surface area contributed by atoms with E-state index in [9.17, 15) is 13.2 Å². The van der Waals surface area contributed by atoms with Crippen molar-refractivity contribution < 1.29 is 22.7 Å². The molecule has 0 saturated carbocycles. The molecule has 0 aromatic carbocycles. The Hall–Kier alpha value is -1.35. The summed E-state index contributed by atoms with van der Waals surface area (Å²) in [5.74, 6) is 0.340. The van der Waals surface area contributed by atoms with Gasteiger partial charge in [0, 0.05) is 18.7 Å². The zero-order chi connectivity index (χ0) is 16.0. The number of nitrogens with one attached hydrogen (secondary N) is 1. The molecule has 2 aliphatic rings. The van der Waals surface area contributed by atoms with Crippen molar-refractivity contribution in [2.75, 3.05) is 6.61 Å². The summed E-state index contributed by atoms with van der Waals surface area (Å²) in [4.78, 5) is 5.30. The molecule has 0 unspecified atom stereocenters. The van der Waals surface area contributed by atoms with E-state index in [0.717, 1.165) is 0 Å². The van der Waals surface area contributed by atoms with Gasteiger partial charge in [0.2, 0.25) is 5.88 Å². The molecule has 0 saturated heterocycles. The van der Waals surface area contributed by atoms with Crippen LogP contribution in [0.15, 0.2) is 11.1 Å². The van der Waals surface area contributed by atoms with E-state index in [1.807, 2.05) is 19.9 Å². The lowest BCUT2D eigenvalue weighted by atomic mass is 10.1. The van der Waals surface area contributed by atoms with E-state index in [-0.39, 0.29) is 17.2 Å². The topological polar surface area (TPSA) is 48.3 Å². The maximum atomic E-state index is 13.2. The SMILES string of the molecule is CC1(C)C=C(SCc2c(C(F)(F)F)nn3c2OCCC3)NO1. The van der Waals surface area contributed by atoms with Gasteiger partial charge in [-0.25, -0.2) is 4.68 Å². The zero-order valence-electron chi connectivity index (χ0n) is 12.2. The Kier molecular flexibility index (Phi) is 3.80. The van der Waals surface area contributed by atoms with Gasteiger partial charge in [-0.15, -0.1) is 11.8 Å². The third-order valence-electron chi connectivity index (χ3n) is 3.29. The van der Waals surface area contributed by atoms with Gasteiger partial charge >= 0.3 is 6.18 Å². The first-order chi connectivity index (χ1) is 10.3. The van der Waals surface area contributed by atoms with Crippen LogP contribution in [-0.4, -0.2) is 22.0 Å². The van der Waals surface area contributed by atoms with Gasteiger partial charge in [0.15, 0.2) is 5.69 Å². The number of ether oxygens (including phenoxy) is 1. The maximum absolute atomic E-state index is 13.2. The minimum absolute atomic E-state index is 0.0876. The molecule has 1 aromatic rings. The Balaban J connectivity index is 1.85. The Labute approximate surface area is 129 Å². The van der Waals surface area contributed by atoms with Crippen LogP contribution in [0.3, 0.4) is 0 Å². The summed E-state index contributed by atoms with van der Waals surface area (Å²) in [6, 6.07) is 0. The molecule has 0 fully saturated rings. The molecule has 122 valence electrons. The Morgan fingerprint density at radius 2 is 2.23 bits per heavy atom. The highest BCUT2D eigenvalue weighted by Crippen LogP contribution is 2.40. The minimum atomic E-state index is -4.49. The van der Waals surface area contributed by atoms with Crippen LogP contribution in [-0.2, 0) is 23.3 Å². The predicted molar refractivity (Wildman–Crippen MR) is 75.0 cm³/mol. The molecular formula is C13H16F3N3O2S. The van der Waals surface area contributed by atoms with Crippen LogP contribution < -0.4 is 10.2 Å². The number of nitrogens with zero attached hydrogens (tertiary/aromatic N) is 2. The number of halogens is 3. The summed E-state index contributed by atoms with van der Waals surface area (Å²) in [5, 5.41) is 4.37. The third-order valence-corrected chi connectivity index (χ3v) is 4.23. The van der Waals surface area contributed by atoms with E-state index in [1.54, 1.807) is 0 Å². The van der Waals surface area contributed by atoms with E-state index in [1.165, 1.54) is 16.4 Å². The number of aromatic nitrogens is 2. The zero-order valence-corrected chi connectivity index (χ0v) is 13.0. The first kappa shape index (κ1) is 15.5. The number of hydrogen-bond donors (Lipinski definition) is 1. The number of hydroxylamine groups is 1. The molecule has 3 heterocycles. The van der Waals surface area contributed by atoms with E-state index < -0.39 is 17.5 Å². The van der Waals surface area contributed by atoms with Crippen LogP contribution >= 0.6 is 11.8 Å². The van der Waals surface area contributed by atoms with Crippen molar-refractivity contribution in [3.63, 3.8) is 0 Å². The van der Waals surface area contributed by atoms with Gasteiger partial charge in [0.05, 0.1) is 17.2 Å². The molecular weight excluding hydrogens is 319 g/mol. The lowest BCUT2D eigenvalue weighted by Crippen LogP contribution is -2.20. The molecule has 0 amide bonds. The highest BCUT2D eigenvalue weighted by Gasteiger charge is 2.40. The third kappa shape index (κ3) is 3.05. The lowest BCUT2D eigenvalue weighted by molar-refractivity contribution is -0.142. The summed E-state index contributed by atoms with van der Waals surface area (Å²) in [6.45, 7) is 4.58. The number of alkyl halides is 3. The predicted octanol–water partition coefficient (Wildman–Crippen LogP) is 3.07. The molecule has 5 nitrogen and oxygen atoms in total. The van der Waals surface area contributed by atoms with Gasteiger partial charge in [0.25, 0.3) is 0 Å². The molecule has 1 aromatic heterocycles. The van der Waals surface area contributed by atoms with Crippen molar-refractivity contribution in [1.29, 1.82) is 0 Å². The molecule has 0 bridgehead atoms. The molecule has 2 aliphatic heterocycles. The van der Waals surface area contributed by atoms with E-state index >= 15 is 0 Å². The van der Waals surface area contributed by atoms with Crippen molar-refractivity contribution in [3.8, 4) is 5.88 Å². The summed E-state index contributed by atoms with van der Waals surface area (Å²) in [7, 11) is 0. The number of hydrogen-bond acceptors (Lipinski definition) is 5.